The van der Waals surface area contributed by atoms with E-state index in [0.717, 1.165) is 0 Å². The Hall–Kier alpha value is -2.03. The first-order chi connectivity index (χ1) is 8.40. The SMILES string of the molecule is C#CCN(CC)C(=O)NC(=O)CC(C)CC(=O)O. The molecular formula is C12H18N2O4. The van der Waals surface area contributed by atoms with Crippen LogP contribution in [0.4, 0.5) is 4.79 Å². The Morgan fingerprint density at radius 3 is 2.44 bits per heavy atom. The smallest absolute Gasteiger partial charge is 0.324 e. The Morgan fingerprint density at radius 2 is 2.00 bits per heavy atom. The molecule has 3 amide bonds. The molecule has 0 fully saturated rings. The standard InChI is InChI=1S/C12H18N2O4/c1-4-6-14(5-2)12(18)13-10(15)7-9(3)8-11(16)17/h1,9H,5-8H2,2-3H3,(H,16,17)(H,13,15,18). The average Bonchev–Trinajstić information content (AvgIpc) is 2.23. The van der Waals surface area contributed by atoms with Gasteiger partial charge in [0.05, 0.1) is 6.54 Å². The van der Waals surface area contributed by atoms with Crippen molar-refractivity contribution in [1.29, 1.82) is 0 Å². The molecule has 0 aromatic carbocycles. The largest absolute Gasteiger partial charge is 0.481 e. The number of carbonyl (C=O) groups excluding carboxylic acids is 2. The fraction of sp³-hybridized carbons (Fsp3) is 0.583. The first kappa shape index (κ1) is 16.0. The van der Waals surface area contributed by atoms with E-state index in [1.165, 1.54) is 4.90 Å². The van der Waals surface area contributed by atoms with Crippen LogP contribution < -0.4 is 5.32 Å². The third kappa shape index (κ3) is 6.53. The second-order valence-corrected chi connectivity index (χ2v) is 3.98. The van der Waals surface area contributed by atoms with Crippen LogP contribution in [0.3, 0.4) is 0 Å². The van der Waals surface area contributed by atoms with Crippen LogP contribution in [-0.2, 0) is 9.59 Å². The number of nitrogens with zero attached hydrogens (tertiary/aromatic N) is 1. The van der Waals surface area contributed by atoms with Gasteiger partial charge < -0.3 is 10.0 Å². The predicted molar refractivity (Wildman–Crippen MR) is 65.7 cm³/mol. The van der Waals surface area contributed by atoms with Gasteiger partial charge in [0.1, 0.15) is 0 Å². The summed E-state index contributed by atoms with van der Waals surface area (Å²) in [5.74, 6) is 0.530. The highest BCUT2D eigenvalue weighted by atomic mass is 16.4. The van der Waals surface area contributed by atoms with Gasteiger partial charge in [0.15, 0.2) is 0 Å². The summed E-state index contributed by atoms with van der Waals surface area (Å²) < 4.78 is 0. The van der Waals surface area contributed by atoms with Crippen molar-refractivity contribution < 1.29 is 19.5 Å². The monoisotopic (exact) mass is 254 g/mol. The molecule has 6 nitrogen and oxygen atoms in total. The van der Waals surface area contributed by atoms with Gasteiger partial charge in [0, 0.05) is 19.4 Å². The number of aliphatic carboxylic acids is 1. The van der Waals surface area contributed by atoms with Crippen molar-refractivity contribution in [2.75, 3.05) is 13.1 Å². The Balaban J connectivity index is 4.19. The topological polar surface area (TPSA) is 86.7 Å². The van der Waals surface area contributed by atoms with E-state index in [1.807, 2.05) is 0 Å². The van der Waals surface area contributed by atoms with Gasteiger partial charge in [-0.25, -0.2) is 4.79 Å². The van der Waals surface area contributed by atoms with Gasteiger partial charge in [0.2, 0.25) is 5.91 Å². The van der Waals surface area contributed by atoms with Gasteiger partial charge in [-0.3, -0.25) is 14.9 Å². The summed E-state index contributed by atoms with van der Waals surface area (Å²) in [5.41, 5.74) is 0. The molecule has 100 valence electrons. The molecule has 0 rings (SSSR count). The van der Waals surface area contributed by atoms with Crippen LogP contribution in [0.25, 0.3) is 0 Å². The van der Waals surface area contributed by atoms with Crippen molar-refractivity contribution in [1.82, 2.24) is 10.2 Å². The Morgan fingerprint density at radius 1 is 1.39 bits per heavy atom. The van der Waals surface area contributed by atoms with Crippen LogP contribution in [0.5, 0.6) is 0 Å². The van der Waals surface area contributed by atoms with Crippen LogP contribution in [0.1, 0.15) is 26.7 Å². The molecule has 0 saturated heterocycles. The molecule has 2 N–H and O–H groups in total. The number of terminal acetylenes is 1. The van der Waals surface area contributed by atoms with Gasteiger partial charge in [-0.15, -0.1) is 6.42 Å². The third-order valence-corrected chi connectivity index (χ3v) is 2.25. The fourth-order valence-corrected chi connectivity index (χ4v) is 1.37. The summed E-state index contributed by atoms with van der Waals surface area (Å²) in [4.78, 5) is 34.8. The number of rotatable bonds is 6. The highest BCUT2D eigenvalue weighted by molar-refractivity contribution is 5.94. The quantitative estimate of drug-likeness (QED) is 0.682. The summed E-state index contributed by atoms with van der Waals surface area (Å²) in [7, 11) is 0. The molecule has 0 aromatic heterocycles. The molecule has 0 aromatic rings. The zero-order chi connectivity index (χ0) is 14.1. The zero-order valence-corrected chi connectivity index (χ0v) is 10.6. The molecule has 6 heteroatoms. The lowest BCUT2D eigenvalue weighted by molar-refractivity contribution is -0.138. The van der Waals surface area contributed by atoms with E-state index in [9.17, 15) is 14.4 Å². The molecule has 0 radical (unpaired) electrons. The lowest BCUT2D eigenvalue weighted by Crippen LogP contribution is -2.43. The summed E-state index contributed by atoms with van der Waals surface area (Å²) in [6, 6.07) is -0.553. The van der Waals surface area contributed by atoms with E-state index in [4.69, 9.17) is 11.5 Å². The molecule has 0 heterocycles. The van der Waals surface area contributed by atoms with Crippen LogP contribution in [-0.4, -0.2) is 41.0 Å². The molecule has 0 aliphatic rings. The number of imide groups is 1. The van der Waals surface area contributed by atoms with E-state index in [0.29, 0.717) is 6.54 Å². The number of carboxylic acid groups (broad SMARTS) is 1. The highest BCUT2D eigenvalue weighted by Gasteiger charge is 2.17. The zero-order valence-electron chi connectivity index (χ0n) is 10.6. The van der Waals surface area contributed by atoms with Crippen molar-refractivity contribution in [3.8, 4) is 12.3 Å². The van der Waals surface area contributed by atoms with Crippen molar-refractivity contribution in [3.63, 3.8) is 0 Å². The van der Waals surface area contributed by atoms with E-state index >= 15 is 0 Å². The van der Waals surface area contributed by atoms with Gasteiger partial charge in [0.25, 0.3) is 0 Å². The van der Waals surface area contributed by atoms with E-state index < -0.39 is 17.9 Å². The summed E-state index contributed by atoms with van der Waals surface area (Å²) in [6.07, 6.45) is 4.97. The van der Waals surface area contributed by atoms with E-state index in [-0.39, 0.29) is 25.3 Å². The van der Waals surface area contributed by atoms with Crippen LogP contribution >= 0.6 is 0 Å². The van der Waals surface area contributed by atoms with Gasteiger partial charge in [-0.05, 0) is 12.8 Å². The van der Waals surface area contributed by atoms with Crippen LogP contribution in [0.15, 0.2) is 0 Å². The first-order valence-electron chi connectivity index (χ1n) is 5.64. The molecule has 1 atom stereocenters. The number of carbonyl (C=O) groups is 3. The minimum Gasteiger partial charge on any atom is -0.481 e. The number of hydrogen-bond acceptors (Lipinski definition) is 3. The van der Waals surface area contributed by atoms with Crippen molar-refractivity contribution in [2.24, 2.45) is 5.92 Å². The first-order valence-corrected chi connectivity index (χ1v) is 5.64. The van der Waals surface area contributed by atoms with Gasteiger partial charge in [-0.1, -0.05) is 12.8 Å². The average molecular weight is 254 g/mol. The number of hydrogen-bond donors (Lipinski definition) is 2. The van der Waals surface area contributed by atoms with E-state index in [2.05, 4.69) is 11.2 Å². The number of nitrogens with one attached hydrogen (secondary N) is 1. The molecule has 0 bridgehead atoms. The second kappa shape index (κ2) is 8.12. The molecule has 0 saturated carbocycles. The summed E-state index contributed by atoms with van der Waals surface area (Å²) in [5, 5.41) is 10.7. The summed E-state index contributed by atoms with van der Waals surface area (Å²) in [6.45, 7) is 3.90. The maximum atomic E-state index is 11.6. The second-order valence-electron chi connectivity index (χ2n) is 3.98. The third-order valence-electron chi connectivity index (χ3n) is 2.25. The Labute approximate surface area is 106 Å². The number of amides is 3. The predicted octanol–water partition coefficient (Wildman–Crippen LogP) is 0.679. The van der Waals surface area contributed by atoms with Crippen LogP contribution in [0.2, 0.25) is 0 Å². The van der Waals surface area contributed by atoms with Crippen LogP contribution in [0, 0.1) is 18.3 Å². The fourth-order valence-electron chi connectivity index (χ4n) is 1.37. The summed E-state index contributed by atoms with van der Waals surface area (Å²) >= 11 is 0. The normalized spacial score (nSPS) is 11.2. The molecule has 0 spiro atoms. The maximum Gasteiger partial charge on any atom is 0.324 e. The molecule has 0 aliphatic heterocycles. The lowest BCUT2D eigenvalue weighted by Gasteiger charge is -2.18. The minimum atomic E-state index is -0.968. The molecule has 1 unspecified atom stereocenters. The minimum absolute atomic E-state index is 0.00829. The van der Waals surface area contributed by atoms with Crippen molar-refractivity contribution in [2.45, 2.75) is 26.7 Å². The Kier molecular flexibility index (Phi) is 7.20. The van der Waals surface area contributed by atoms with E-state index in [1.54, 1.807) is 13.8 Å². The molecule has 18 heavy (non-hydrogen) atoms. The van der Waals surface area contributed by atoms with Gasteiger partial charge >= 0.3 is 12.0 Å². The molecular weight excluding hydrogens is 236 g/mol. The Bertz CT molecular complexity index is 360. The highest BCUT2D eigenvalue weighted by Crippen LogP contribution is 2.06. The molecule has 0 aliphatic carbocycles. The lowest BCUT2D eigenvalue weighted by atomic mass is 10.0. The van der Waals surface area contributed by atoms with Crippen molar-refractivity contribution in [3.05, 3.63) is 0 Å². The number of carboxylic acids is 1. The van der Waals surface area contributed by atoms with Gasteiger partial charge in [-0.2, -0.15) is 0 Å². The number of urea groups is 1. The van der Waals surface area contributed by atoms with Crippen molar-refractivity contribution >= 4 is 17.9 Å². The maximum absolute atomic E-state index is 11.6.